The number of ether oxygens (including phenoxy) is 1. The molecular formula is C7H9FN2O3. The van der Waals surface area contributed by atoms with Crippen LogP contribution in [0.5, 0.6) is 0 Å². The Morgan fingerprint density at radius 3 is 2.85 bits per heavy atom. The molecule has 0 radical (unpaired) electrons. The van der Waals surface area contributed by atoms with Crippen LogP contribution in [0.2, 0.25) is 0 Å². The molecule has 1 heterocycles. The normalized spacial score (nSPS) is 12.5. The molecule has 0 saturated carbocycles. The molecular weight excluding hydrogens is 179 g/mol. The van der Waals surface area contributed by atoms with Crippen molar-refractivity contribution in [1.82, 2.24) is 10.2 Å². The molecule has 1 atom stereocenters. The lowest BCUT2D eigenvalue weighted by Gasteiger charge is -1.94. The average Bonchev–Trinajstić information content (AvgIpc) is 2.52. The maximum atomic E-state index is 12.5. The minimum absolute atomic E-state index is 0.210. The van der Waals surface area contributed by atoms with Crippen molar-refractivity contribution in [2.24, 2.45) is 0 Å². The van der Waals surface area contributed by atoms with E-state index >= 15 is 0 Å². The first kappa shape index (κ1) is 9.63. The molecule has 0 aromatic carbocycles. The molecule has 0 fully saturated rings. The van der Waals surface area contributed by atoms with E-state index in [1.165, 1.54) is 6.92 Å². The fourth-order valence-corrected chi connectivity index (χ4v) is 0.671. The molecule has 72 valence electrons. The van der Waals surface area contributed by atoms with Gasteiger partial charge in [-0.05, 0) is 13.8 Å². The third-order valence-electron chi connectivity index (χ3n) is 1.23. The predicted molar refractivity (Wildman–Crippen MR) is 39.8 cm³/mol. The van der Waals surface area contributed by atoms with Crippen LogP contribution in [0.15, 0.2) is 4.42 Å². The summed E-state index contributed by atoms with van der Waals surface area (Å²) in [4.78, 5) is 10.9. The van der Waals surface area contributed by atoms with Crippen LogP contribution in [-0.2, 0) is 4.74 Å². The number of esters is 1. The zero-order valence-corrected chi connectivity index (χ0v) is 7.28. The Morgan fingerprint density at radius 1 is 1.69 bits per heavy atom. The van der Waals surface area contributed by atoms with Gasteiger partial charge in [-0.2, -0.15) is 0 Å². The first-order chi connectivity index (χ1) is 6.15. The van der Waals surface area contributed by atoms with Crippen molar-refractivity contribution >= 4 is 5.97 Å². The minimum atomic E-state index is -1.38. The van der Waals surface area contributed by atoms with Crippen LogP contribution < -0.4 is 0 Å². The van der Waals surface area contributed by atoms with Gasteiger partial charge in [0.15, 0.2) is 6.17 Å². The zero-order chi connectivity index (χ0) is 9.84. The Bertz CT molecular complexity index is 298. The number of alkyl halides is 1. The Balaban J connectivity index is 2.73. The lowest BCUT2D eigenvalue weighted by molar-refractivity contribution is 0.0476. The fraction of sp³-hybridized carbons (Fsp3) is 0.571. The molecule has 5 nitrogen and oxygen atoms in total. The van der Waals surface area contributed by atoms with Crippen LogP contribution in [0.4, 0.5) is 4.39 Å². The van der Waals surface area contributed by atoms with Crippen LogP contribution >= 0.6 is 0 Å². The van der Waals surface area contributed by atoms with Gasteiger partial charge in [-0.25, -0.2) is 9.18 Å². The second kappa shape index (κ2) is 3.97. The predicted octanol–water partition coefficient (Wildman–Crippen LogP) is 1.28. The lowest BCUT2D eigenvalue weighted by atomic mass is 10.4. The number of hydrogen-bond donors (Lipinski definition) is 0. The van der Waals surface area contributed by atoms with Crippen molar-refractivity contribution in [2.75, 3.05) is 6.61 Å². The van der Waals surface area contributed by atoms with Gasteiger partial charge in [0, 0.05) is 0 Å². The summed E-state index contributed by atoms with van der Waals surface area (Å²) >= 11 is 0. The maximum Gasteiger partial charge on any atom is 0.396 e. The van der Waals surface area contributed by atoms with Gasteiger partial charge in [0.05, 0.1) is 6.61 Å². The highest BCUT2D eigenvalue weighted by Crippen LogP contribution is 2.14. The number of halogens is 1. The summed E-state index contributed by atoms with van der Waals surface area (Å²) in [6.07, 6.45) is -1.38. The first-order valence-electron chi connectivity index (χ1n) is 3.79. The molecule has 0 bridgehead atoms. The monoisotopic (exact) mass is 188 g/mol. The quantitative estimate of drug-likeness (QED) is 0.668. The molecule has 0 amide bonds. The molecule has 13 heavy (non-hydrogen) atoms. The van der Waals surface area contributed by atoms with E-state index < -0.39 is 12.1 Å². The third-order valence-corrected chi connectivity index (χ3v) is 1.23. The van der Waals surface area contributed by atoms with E-state index in [-0.39, 0.29) is 18.4 Å². The molecule has 0 aliphatic carbocycles. The van der Waals surface area contributed by atoms with Gasteiger partial charge in [-0.3, -0.25) is 0 Å². The molecule has 1 rings (SSSR count). The third kappa shape index (κ3) is 2.24. The minimum Gasteiger partial charge on any atom is -0.459 e. The first-order valence-corrected chi connectivity index (χ1v) is 3.79. The van der Waals surface area contributed by atoms with Gasteiger partial charge in [0.1, 0.15) is 0 Å². The van der Waals surface area contributed by atoms with Crippen LogP contribution in [-0.4, -0.2) is 22.8 Å². The van der Waals surface area contributed by atoms with Crippen LogP contribution in [0, 0.1) is 0 Å². The number of carbonyl (C=O) groups excluding carboxylic acids is 1. The number of rotatable bonds is 3. The summed E-state index contributed by atoms with van der Waals surface area (Å²) in [6, 6.07) is 0. The molecule has 0 spiro atoms. The topological polar surface area (TPSA) is 65.2 Å². The van der Waals surface area contributed by atoms with Gasteiger partial charge in [0.2, 0.25) is 0 Å². The van der Waals surface area contributed by atoms with Crippen molar-refractivity contribution in [2.45, 2.75) is 20.0 Å². The van der Waals surface area contributed by atoms with E-state index in [1.54, 1.807) is 6.92 Å². The Hall–Kier alpha value is -1.46. The van der Waals surface area contributed by atoms with Crippen molar-refractivity contribution in [3.8, 4) is 0 Å². The highest BCUT2D eigenvalue weighted by molar-refractivity contribution is 5.83. The second-order valence-electron chi connectivity index (χ2n) is 2.28. The Labute approximate surface area is 73.9 Å². The molecule has 0 aliphatic rings. The molecule has 1 aromatic heterocycles. The van der Waals surface area contributed by atoms with Crippen LogP contribution in [0.25, 0.3) is 0 Å². The number of carbonyl (C=O) groups is 1. The summed E-state index contributed by atoms with van der Waals surface area (Å²) in [5.41, 5.74) is 0. The number of nitrogens with zero attached hydrogens (tertiary/aromatic N) is 2. The van der Waals surface area contributed by atoms with E-state index in [0.29, 0.717) is 0 Å². The molecule has 0 N–H and O–H groups in total. The summed E-state index contributed by atoms with van der Waals surface area (Å²) < 4.78 is 21.8. The van der Waals surface area contributed by atoms with Crippen LogP contribution in [0.1, 0.15) is 36.6 Å². The van der Waals surface area contributed by atoms with E-state index in [9.17, 15) is 9.18 Å². The maximum absolute atomic E-state index is 12.5. The molecule has 6 heteroatoms. The zero-order valence-electron chi connectivity index (χ0n) is 7.28. The summed E-state index contributed by atoms with van der Waals surface area (Å²) in [5, 5.41) is 6.65. The highest BCUT2D eigenvalue weighted by atomic mass is 19.1. The molecule has 1 aromatic rings. The summed E-state index contributed by atoms with van der Waals surface area (Å²) in [7, 11) is 0. The number of hydrogen-bond acceptors (Lipinski definition) is 5. The highest BCUT2D eigenvalue weighted by Gasteiger charge is 2.18. The standard InChI is InChI=1S/C7H9FN2O3/c1-3-12-7(11)6-10-9-5(13-6)4(2)8/h4H,3H2,1-2H3. The SMILES string of the molecule is CCOC(=O)c1nnc(C(C)F)o1. The van der Waals surface area contributed by atoms with Crippen LogP contribution in [0.3, 0.4) is 0 Å². The van der Waals surface area contributed by atoms with Crippen molar-refractivity contribution in [3.05, 3.63) is 11.8 Å². The van der Waals surface area contributed by atoms with Crippen molar-refractivity contribution in [3.63, 3.8) is 0 Å². The largest absolute Gasteiger partial charge is 0.459 e. The fourth-order valence-electron chi connectivity index (χ4n) is 0.671. The second-order valence-corrected chi connectivity index (χ2v) is 2.28. The van der Waals surface area contributed by atoms with Gasteiger partial charge >= 0.3 is 11.9 Å². The summed E-state index contributed by atoms with van der Waals surface area (Å²) in [5.74, 6) is -1.27. The van der Waals surface area contributed by atoms with E-state index in [1.807, 2.05) is 0 Å². The molecule has 0 aliphatic heterocycles. The summed E-state index contributed by atoms with van der Waals surface area (Å²) in [6.45, 7) is 3.09. The average molecular weight is 188 g/mol. The lowest BCUT2D eigenvalue weighted by Crippen LogP contribution is -2.04. The van der Waals surface area contributed by atoms with Gasteiger partial charge in [-0.15, -0.1) is 10.2 Å². The number of aromatic nitrogens is 2. The molecule has 1 unspecified atom stereocenters. The smallest absolute Gasteiger partial charge is 0.396 e. The van der Waals surface area contributed by atoms with Crippen molar-refractivity contribution < 1.29 is 18.3 Å². The van der Waals surface area contributed by atoms with E-state index in [4.69, 9.17) is 0 Å². The van der Waals surface area contributed by atoms with Gasteiger partial charge in [-0.1, -0.05) is 0 Å². The molecule has 0 saturated heterocycles. The Morgan fingerprint density at radius 2 is 2.38 bits per heavy atom. The van der Waals surface area contributed by atoms with Gasteiger partial charge in [0.25, 0.3) is 5.89 Å². The Kier molecular flexibility index (Phi) is 2.94. The van der Waals surface area contributed by atoms with Crippen molar-refractivity contribution in [1.29, 1.82) is 0 Å². The van der Waals surface area contributed by atoms with E-state index in [2.05, 4.69) is 19.4 Å². The van der Waals surface area contributed by atoms with Gasteiger partial charge < -0.3 is 9.15 Å². The van der Waals surface area contributed by atoms with E-state index in [0.717, 1.165) is 0 Å².